The van der Waals surface area contributed by atoms with E-state index in [2.05, 4.69) is 0 Å². The molecule has 22 heavy (non-hydrogen) atoms. The van der Waals surface area contributed by atoms with Crippen molar-refractivity contribution in [1.82, 2.24) is 4.90 Å². The maximum atomic E-state index is 13.3. The molecule has 1 saturated carbocycles. The molecule has 1 heterocycles. The molecule has 2 aliphatic rings. The first-order valence-corrected chi connectivity index (χ1v) is 7.74. The lowest BCUT2D eigenvalue weighted by Gasteiger charge is -2.29. The summed E-state index contributed by atoms with van der Waals surface area (Å²) in [5.41, 5.74) is 0. The van der Waals surface area contributed by atoms with Gasteiger partial charge >= 0.3 is 0 Å². The second-order valence-corrected chi connectivity index (χ2v) is 5.99. The lowest BCUT2D eigenvalue weighted by atomic mass is 9.83. The number of ether oxygens (including phenoxy) is 2. The van der Waals surface area contributed by atoms with Crippen LogP contribution >= 0.6 is 0 Å². The molecule has 1 aromatic carbocycles. The smallest absolute Gasteiger partial charge is 0.264 e. The minimum Gasteiger partial charge on any atom is -0.493 e. The number of likely N-dealkylation sites (tertiary alicyclic amines) is 1. The predicted molar refractivity (Wildman–Crippen MR) is 82.9 cm³/mol. The van der Waals surface area contributed by atoms with E-state index in [1.807, 2.05) is 36.2 Å². The first-order valence-electron chi connectivity index (χ1n) is 7.74. The summed E-state index contributed by atoms with van der Waals surface area (Å²) in [6.07, 6.45) is 3.81. The first kappa shape index (κ1) is 17.0. The standard InChI is InChI=1S/C9H15F2N.C8H10O2/c1-12-6-9(10,11)7-4-2-3-5-8(7)12;1-9-7-5-3-4-6-8(7)10-2/h7-8H,2-6H2,1H3;3-6H,1-2H3. The maximum absolute atomic E-state index is 13.3. The third-order valence-electron chi connectivity index (χ3n) is 4.59. The van der Waals surface area contributed by atoms with Crippen molar-refractivity contribution in [3.8, 4) is 11.5 Å². The number of benzene rings is 1. The summed E-state index contributed by atoms with van der Waals surface area (Å²) in [5, 5.41) is 0. The van der Waals surface area contributed by atoms with E-state index in [0.29, 0.717) is 0 Å². The van der Waals surface area contributed by atoms with Gasteiger partial charge in [0.25, 0.3) is 5.92 Å². The van der Waals surface area contributed by atoms with Crippen LogP contribution in [-0.4, -0.2) is 44.7 Å². The highest BCUT2D eigenvalue weighted by Crippen LogP contribution is 2.44. The van der Waals surface area contributed by atoms with E-state index < -0.39 is 5.92 Å². The van der Waals surface area contributed by atoms with Crippen LogP contribution in [0.1, 0.15) is 25.7 Å². The molecule has 2 unspecified atom stereocenters. The van der Waals surface area contributed by atoms with Crippen LogP contribution in [0.5, 0.6) is 11.5 Å². The molecule has 2 fully saturated rings. The highest BCUT2D eigenvalue weighted by atomic mass is 19.3. The van der Waals surface area contributed by atoms with Crippen LogP contribution in [-0.2, 0) is 0 Å². The normalized spacial score (nSPS) is 26.6. The SMILES string of the molecule is CN1CC(F)(F)C2CCCCC21.COc1ccccc1OC. The van der Waals surface area contributed by atoms with E-state index >= 15 is 0 Å². The van der Waals surface area contributed by atoms with E-state index in [-0.39, 0.29) is 18.5 Å². The summed E-state index contributed by atoms with van der Waals surface area (Å²) in [6.45, 7) is -0.0255. The number of fused-ring (bicyclic) bond motifs is 1. The van der Waals surface area contributed by atoms with Gasteiger partial charge in [-0.1, -0.05) is 25.0 Å². The van der Waals surface area contributed by atoms with Gasteiger partial charge in [0, 0.05) is 12.0 Å². The number of nitrogens with zero attached hydrogens (tertiary/aromatic N) is 1. The van der Waals surface area contributed by atoms with Gasteiger partial charge in [0.2, 0.25) is 0 Å². The van der Waals surface area contributed by atoms with Gasteiger partial charge in [0.05, 0.1) is 20.8 Å². The van der Waals surface area contributed by atoms with Crippen LogP contribution in [0.15, 0.2) is 24.3 Å². The number of rotatable bonds is 2. The molecule has 0 N–H and O–H groups in total. The third-order valence-corrected chi connectivity index (χ3v) is 4.59. The van der Waals surface area contributed by atoms with Gasteiger partial charge in [-0.3, -0.25) is 4.90 Å². The molecule has 1 saturated heterocycles. The van der Waals surface area contributed by atoms with Crippen LogP contribution < -0.4 is 9.47 Å². The molecule has 5 heteroatoms. The Morgan fingerprint density at radius 1 is 1.05 bits per heavy atom. The first-order chi connectivity index (χ1) is 10.5. The van der Waals surface area contributed by atoms with E-state index in [4.69, 9.17) is 9.47 Å². The lowest BCUT2D eigenvalue weighted by Crippen LogP contribution is -2.34. The van der Waals surface area contributed by atoms with Crippen LogP contribution in [0.25, 0.3) is 0 Å². The van der Waals surface area contributed by atoms with Gasteiger partial charge < -0.3 is 9.47 Å². The van der Waals surface area contributed by atoms with E-state index in [9.17, 15) is 8.78 Å². The van der Waals surface area contributed by atoms with Gasteiger partial charge in [-0.2, -0.15) is 0 Å². The Kier molecular flexibility index (Phi) is 5.62. The molecule has 1 aromatic rings. The van der Waals surface area contributed by atoms with E-state index in [0.717, 1.165) is 37.2 Å². The molecule has 0 radical (unpaired) electrons. The van der Waals surface area contributed by atoms with Crippen molar-refractivity contribution in [1.29, 1.82) is 0 Å². The van der Waals surface area contributed by atoms with Crippen molar-refractivity contribution >= 4 is 0 Å². The summed E-state index contributed by atoms with van der Waals surface area (Å²) in [4.78, 5) is 1.84. The van der Waals surface area contributed by atoms with Crippen LogP contribution in [0.2, 0.25) is 0 Å². The molecule has 1 aliphatic heterocycles. The Labute approximate surface area is 131 Å². The summed E-state index contributed by atoms with van der Waals surface area (Å²) >= 11 is 0. The molecule has 3 nitrogen and oxygen atoms in total. The zero-order chi connectivity index (χ0) is 16.2. The fraction of sp³-hybridized carbons (Fsp3) is 0.647. The molecular weight excluding hydrogens is 288 g/mol. The Hall–Kier alpha value is -1.36. The monoisotopic (exact) mass is 313 g/mol. The zero-order valence-corrected chi connectivity index (χ0v) is 13.5. The molecular formula is C17H25F2NO2. The van der Waals surface area contributed by atoms with Crippen molar-refractivity contribution in [3.63, 3.8) is 0 Å². The largest absolute Gasteiger partial charge is 0.493 e. The van der Waals surface area contributed by atoms with E-state index in [1.54, 1.807) is 14.2 Å². The minimum atomic E-state index is -2.42. The quantitative estimate of drug-likeness (QED) is 0.828. The van der Waals surface area contributed by atoms with Gasteiger partial charge in [0.15, 0.2) is 11.5 Å². The number of alkyl halides is 2. The Bertz CT molecular complexity index is 458. The van der Waals surface area contributed by atoms with Crippen LogP contribution in [0.4, 0.5) is 8.78 Å². The number of hydrogen-bond donors (Lipinski definition) is 0. The second kappa shape index (κ2) is 7.27. The number of halogens is 2. The van der Waals surface area contributed by atoms with Gasteiger partial charge in [-0.15, -0.1) is 0 Å². The summed E-state index contributed by atoms with van der Waals surface area (Å²) in [5.74, 6) is -1.23. The van der Waals surface area contributed by atoms with Crippen LogP contribution in [0, 0.1) is 5.92 Å². The minimum absolute atomic E-state index is 0.0255. The number of hydrogen-bond acceptors (Lipinski definition) is 3. The van der Waals surface area contributed by atoms with Crippen molar-refractivity contribution in [2.24, 2.45) is 5.92 Å². The topological polar surface area (TPSA) is 21.7 Å². The second-order valence-electron chi connectivity index (χ2n) is 5.99. The highest BCUT2D eigenvalue weighted by Gasteiger charge is 2.53. The van der Waals surface area contributed by atoms with E-state index in [1.165, 1.54) is 0 Å². The fourth-order valence-corrected chi connectivity index (χ4v) is 3.49. The maximum Gasteiger partial charge on any atom is 0.264 e. The highest BCUT2D eigenvalue weighted by molar-refractivity contribution is 5.39. The summed E-state index contributed by atoms with van der Waals surface area (Å²) < 4.78 is 36.6. The van der Waals surface area contributed by atoms with Crippen molar-refractivity contribution < 1.29 is 18.3 Å². The average molecular weight is 313 g/mol. The zero-order valence-electron chi connectivity index (χ0n) is 13.5. The molecule has 3 rings (SSSR count). The predicted octanol–water partition coefficient (Wildman–Crippen LogP) is 3.83. The molecule has 124 valence electrons. The van der Waals surface area contributed by atoms with Gasteiger partial charge in [-0.05, 0) is 32.0 Å². The molecule has 1 aliphatic carbocycles. The third kappa shape index (κ3) is 3.69. The fourth-order valence-electron chi connectivity index (χ4n) is 3.49. The Morgan fingerprint density at radius 2 is 1.59 bits per heavy atom. The average Bonchev–Trinajstić information content (AvgIpc) is 2.78. The molecule has 2 atom stereocenters. The summed E-state index contributed by atoms with van der Waals surface area (Å²) in [6, 6.07) is 7.69. The Balaban J connectivity index is 0.000000164. The summed E-state index contributed by atoms with van der Waals surface area (Å²) in [7, 11) is 5.07. The van der Waals surface area contributed by atoms with Crippen LogP contribution in [0.3, 0.4) is 0 Å². The molecule has 0 amide bonds. The van der Waals surface area contributed by atoms with Crippen molar-refractivity contribution in [2.45, 2.75) is 37.6 Å². The molecule has 0 spiro atoms. The lowest BCUT2D eigenvalue weighted by molar-refractivity contribution is -0.0372. The number of methoxy groups -OCH3 is 2. The Morgan fingerprint density at radius 3 is 2.09 bits per heavy atom. The van der Waals surface area contributed by atoms with Gasteiger partial charge in [-0.25, -0.2) is 8.78 Å². The number of para-hydroxylation sites is 2. The molecule has 0 bridgehead atoms. The van der Waals surface area contributed by atoms with Crippen molar-refractivity contribution in [2.75, 3.05) is 27.8 Å². The van der Waals surface area contributed by atoms with Crippen molar-refractivity contribution in [3.05, 3.63) is 24.3 Å². The molecule has 0 aromatic heterocycles. The van der Waals surface area contributed by atoms with Gasteiger partial charge in [0.1, 0.15) is 0 Å².